The molecular weight excluding hydrogens is 361 g/mol. The quantitative estimate of drug-likeness (QED) is 0.594. The molecule has 27 heavy (non-hydrogen) atoms. The zero-order valence-electron chi connectivity index (χ0n) is 15.6. The molecule has 0 radical (unpaired) electrons. The van der Waals surface area contributed by atoms with E-state index >= 15 is 0 Å². The normalized spacial score (nSPS) is 12.0. The number of nitrogens with zero attached hydrogens (tertiary/aromatic N) is 3. The van der Waals surface area contributed by atoms with Crippen LogP contribution in [0.1, 0.15) is 12.5 Å². The molecule has 0 aliphatic carbocycles. The van der Waals surface area contributed by atoms with E-state index in [1.54, 1.807) is 18.0 Å². The molecule has 140 valence electrons. The van der Waals surface area contributed by atoms with Crippen molar-refractivity contribution >= 4 is 17.7 Å². The molecule has 1 aromatic heterocycles. The number of halogens is 1. The van der Waals surface area contributed by atoms with Gasteiger partial charge in [-0.05, 0) is 30.2 Å². The molecule has 0 spiro atoms. The van der Waals surface area contributed by atoms with Crippen molar-refractivity contribution in [2.24, 2.45) is 7.05 Å². The van der Waals surface area contributed by atoms with Gasteiger partial charge in [-0.3, -0.25) is 4.79 Å². The van der Waals surface area contributed by atoms with Crippen LogP contribution in [0.2, 0.25) is 0 Å². The minimum atomic E-state index is -0.298. The molecule has 1 atom stereocenters. The third kappa shape index (κ3) is 4.57. The van der Waals surface area contributed by atoms with Crippen LogP contribution < -0.4 is 0 Å². The van der Waals surface area contributed by atoms with E-state index in [9.17, 15) is 9.18 Å². The summed E-state index contributed by atoms with van der Waals surface area (Å²) in [6, 6.07) is 16.3. The van der Waals surface area contributed by atoms with Gasteiger partial charge in [-0.1, -0.05) is 54.2 Å². The molecule has 4 nitrogen and oxygen atoms in total. The number of carbonyl (C=O) groups excluding carboxylic acids is 1. The first-order chi connectivity index (χ1) is 13.0. The van der Waals surface area contributed by atoms with Gasteiger partial charge >= 0.3 is 0 Å². The number of rotatable bonds is 6. The lowest BCUT2D eigenvalue weighted by molar-refractivity contribution is -0.129. The number of hydrogen-bond acceptors (Lipinski definition) is 3. The number of imidazole rings is 1. The summed E-state index contributed by atoms with van der Waals surface area (Å²) in [5, 5.41) is 0.488. The average Bonchev–Trinajstić information content (AvgIpc) is 3.02. The van der Waals surface area contributed by atoms with Crippen molar-refractivity contribution in [3.8, 4) is 11.3 Å². The number of thioether (sulfide) groups is 1. The van der Waals surface area contributed by atoms with Crippen LogP contribution in [0.15, 0.2) is 66.0 Å². The first-order valence-corrected chi connectivity index (χ1v) is 9.57. The Morgan fingerprint density at radius 1 is 1.22 bits per heavy atom. The van der Waals surface area contributed by atoms with Gasteiger partial charge < -0.3 is 9.47 Å². The molecular formula is C21H22FN3OS. The van der Waals surface area contributed by atoms with Crippen LogP contribution in [-0.2, 0) is 18.4 Å². The van der Waals surface area contributed by atoms with Crippen molar-refractivity contribution < 1.29 is 9.18 Å². The van der Waals surface area contributed by atoms with E-state index in [1.165, 1.54) is 23.9 Å². The Hall–Kier alpha value is -2.60. The van der Waals surface area contributed by atoms with Crippen LogP contribution in [-0.4, -0.2) is 32.7 Å². The summed E-state index contributed by atoms with van der Waals surface area (Å²) in [6.45, 7) is 2.24. The molecule has 0 bridgehead atoms. The number of carbonyl (C=O) groups is 1. The first-order valence-electron chi connectivity index (χ1n) is 8.69. The third-order valence-electron chi connectivity index (χ3n) is 4.33. The van der Waals surface area contributed by atoms with Crippen LogP contribution in [0.3, 0.4) is 0 Å². The van der Waals surface area contributed by atoms with Crippen molar-refractivity contribution in [3.63, 3.8) is 0 Å². The SMILES string of the molecule is C[C@H](Sc1ncc(-c2ccccc2)n1C)C(=O)N(C)Cc1cccc(F)c1. The Bertz CT molecular complexity index is 926. The Balaban J connectivity index is 1.67. The molecule has 0 N–H and O–H groups in total. The zero-order chi connectivity index (χ0) is 19.4. The van der Waals surface area contributed by atoms with E-state index in [4.69, 9.17) is 0 Å². The summed E-state index contributed by atoms with van der Waals surface area (Å²) >= 11 is 1.42. The molecule has 1 amide bonds. The van der Waals surface area contributed by atoms with Gasteiger partial charge in [-0.25, -0.2) is 9.37 Å². The Kier molecular flexibility index (Phi) is 5.96. The van der Waals surface area contributed by atoms with Crippen molar-refractivity contribution in [1.82, 2.24) is 14.5 Å². The molecule has 0 aliphatic rings. The monoisotopic (exact) mass is 383 g/mol. The predicted molar refractivity (Wildman–Crippen MR) is 107 cm³/mol. The molecule has 3 aromatic rings. The maximum Gasteiger partial charge on any atom is 0.235 e. The second-order valence-corrected chi connectivity index (χ2v) is 7.74. The molecule has 0 unspecified atom stereocenters. The van der Waals surface area contributed by atoms with Gasteiger partial charge in [0.15, 0.2) is 5.16 Å². The van der Waals surface area contributed by atoms with Gasteiger partial charge in [0.2, 0.25) is 5.91 Å². The van der Waals surface area contributed by atoms with Crippen LogP contribution in [0.25, 0.3) is 11.3 Å². The van der Waals surface area contributed by atoms with E-state index in [2.05, 4.69) is 4.98 Å². The van der Waals surface area contributed by atoms with E-state index in [0.29, 0.717) is 6.54 Å². The van der Waals surface area contributed by atoms with E-state index in [0.717, 1.165) is 22.0 Å². The van der Waals surface area contributed by atoms with Crippen LogP contribution in [0.5, 0.6) is 0 Å². The Morgan fingerprint density at radius 3 is 2.67 bits per heavy atom. The summed E-state index contributed by atoms with van der Waals surface area (Å²) in [5.41, 5.74) is 2.86. The molecule has 0 aliphatic heterocycles. The fraction of sp³-hybridized carbons (Fsp3) is 0.238. The smallest absolute Gasteiger partial charge is 0.235 e. The third-order valence-corrected chi connectivity index (χ3v) is 5.48. The Labute approximate surface area is 163 Å². The molecule has 0 saturated carbocycles. The molecule has 2 aromatic carbocycles. The average molecular weight is 383 g/mol. The molecule has 6 heteroatoms. The topological polar surface area (TPSA) is 38.1 Å². The van der Waals surface area contributed by atoms with Gasteiger partial charge in [-0.15, -0.1) is 0 Å². The van der Waals surface area contributed by atoms with Crippen LogP contribution in [0, 0.1) is 5.82 Å². The highest BCUT2D eigenvalue weighted by Crippen LogP contribution is 2.28. The van der Waals surface area contributed by atoms with E-state index in [1.807, 2.05) is 61.1 Å². The number of amides is 1. The maximum atomic E-state index is 13.3. The van der Waals surface area contributed by atoms with Crippen molar-refractivity contribution in [3.05, 3.63) is 72.2 Å². The summed E-state index contributed by atoms with van der Waals surface area (Å²) in [5.74, 6) is -0.314. The highest BCUT2D eigenvalue weighted by atomic mass is 32.2. The predicted octanol–water partition coefficient (Wildman–Crippen LogP) is 4.37. The number of aromatic nitrogens is 2. The summed E-state index contributed by atoms with van der Waals surface area (Å²) in [4.78, 5) is 18.8. The lowest BCUT2D eigenvalue weighted by Gasteiger charge is -2.21. The molecule has 3 rings (SSSR count). The molecule has 1 heterocycles. The van der Waals surface area contributed by atoms with Crippen LogP contribution in [0.4, 0.5) is 4.39 Å². The van der Waals surface area contributed by atoms with E-state index < -0.39 is 0 Å². The Morgan fingerprint density at radius 2 is 1.96 bits per heavy atom. The standard InChI is InChI=1S/C21H22FN3OS/c1-15(20(26)24(2)14-16-8-7-11-18(22)12-16)27-21-23-13-19(25(21)3)17-9-5-4-6-10-17/h4-13,15H,14H2,1-3H3/t15-/m0/s1. The van der Waals surface area contributed by atoms with Crippen LogP contribution >= 0.6 is 11.8 Å². The van der Waals surface area contributed by atoms with Gasteiger partial charge in [0.05, 0.1) is 17.1 Å². The summed E-state index contributed by atoms with van der Waals surface area (Å²) in [7, 11) is 3.68. The number of benzene rings is 2. The van der Waals surface area contributed by atoms with Gasteiger partial charge in [-0.2, -0.15) is 0 Å². The lowest BCUT2D eigenvalue weighted by Crippen LogP contribution is -2.33. The fourth-order valence-electron chi connectivity index (χ4n) is 2.89. The summed E-state index contributed by atoms with van der Waals surface area (Å²) in [6.07, 6.45) is 1.82. The highest BCUT2D eigenvalue weighted by molar-refractivity contribution is 8.00. The molecule has 0 saturated heterocycles. The minimum Gasteiger partial charge on any atom is -0.340 e. The van der Waals surface area contributed by atoms with E-state index in [-0.39, 0.29) is 17.0 Å². The maximum absolute atomic E-state index is 13.3. The number of hydrogen-bond donors (Lipinski definition) is 0. The fourth-order valence-corrected chi connectivity index (χ4v) is 3.85. The highest BCUT2D eigenvalue weighted by Gasteiger charge is 2.21. The first kappa shape index (κ1) is 19.2. The van der Waals surface area contributed by atoms with Crippen molar-refractivity contribution in [1.29, 1.82) is 0 Å². The van der Waals surface area contributed by atoms with Gasteiger partial charge in [0.1, 0.15) is 5.82 Å². The minimum absolute atomic E-state index is 0.0199. The zero-order valence-corrected chi connectivity index (χ0v) is 16.4. The molecule has 0 fully saturated rings. The van der Waals surface area contributed by atoms with Crippen molar-refractivity contribution in [2.75, 3.05) is 7.05 Å². The summed E-state index contributed by atoms with van der Waals surface area (Å²) < 4.78 is 15.3. The lowest BCUT2D eigenvalue weighted by atomic mass is 10.2. The second-order valence-electron chi connectivity index (χ2n) is 6.44. The van der Waals surface area contributed by atoms with Crippen molar-refractivity contribution in [2.45, 2.75) is 23.9 Å². The second kappa shape index (κ2) is 8.39. The van der Waals surface area contributed by atoms with Gasteiger partial charge in [0, 0.05) is 20.6 Å². The van der Waals surface area contributed by atoms with Gasteiger partial charge in [0.25, 0.3) is 0 Å². The largest absolute Gasteiger partial charge is 0.340 e.